The maximum absolute atomic E-state index is 14.0. The lowest BCUT2D eigenvalue weighted by molar-refractivity contribution is -0.384. The standard InChI is InChI=1S/C19H17FN6O4/c20-15-3-1-2-4-16(15)23-9-11-24(12-10-23)18-17(19(27)28)21-25(22-18)13-5-7-14(8-6-13)26(29)30/h1-8H,9-12H2,(H,27,28). The van der Waals surface area contributed by atoms with Crippen LogP contribution in [0, 0.1) is 15.9 Å². The summed E-state index contributed by atoms with van der Waals surface area (Å²) in [4.78, 5) is 26.8. The zero-order chi connectivity index (χ0) is 21.3. The molecule has 2 heterocycles. The van der Waals surface area contributed by atoms with Crippen molar-refractivity contribution in [1.82, 2.24) is 15.0 Å². The zero-order valence-corrected chi connectivity index (χ0v) is 15.7. The van der Waals surface area contributed by atoms with Crippen molar-refractivity contribution >= 4 is 23.2 Å². The molecule has 30 heavy (non-hydrogen) atoms. The molecule has 1 saturated heterocycles. The van der Waals surface area contributed by atoms with E-state index in [1.807, 2.05) is 4.90 Å². The lowest BCUT2D eigenvalue weighted by Gasteiger charge is -2.36. The Labute approximate surface area is 169 Å². The summed E-state index contributed by atoms with van der Waals surface area (Å²) in [7, 11) is 0. The number of piperazine rings is 1. The van der Waals surface area contributed by atoms with E-state index in [9.17, 15) is 24.4 Å². The van der Waals surface area contributed by atoms with Crippen LogP contribution in [0.5, 0.6) is 0 Å². The van der Waals surface area contributed by atoms with Crippen molar-refractivity contribution in [3.63, 3.8) is 0 Å². The van der Waals surface area contributed by atoms with Crippen LogP contribution in [0.3, 0.4) is 0 Å². The first-order valence-corrected chi connectivity index (χ1v) is 9.14. The van der Waals surface area contributed by atoms with Crippen molar-refractivity contribution in [3.8, 4) is 5.69 Å². The molecule has 154 valence electrons. The lowest BCUT2D eigenvalue weighted by atomic mass is 10.2. The van der Waals surface area contributed by atoms with Gasteiger partial charge in [0.25, 0.3) is 5.69 Å². The highest BCUT2D eigenvalue weighted by Crippen LogP contribution is 2.24. The molecule has 1 N–H and O–H groups in total. The molecule has 1 aliphatic rings. The van der Waals surface area contributed by atoms with Gasteiger partial charge >= 0.3 is 5.97 Å². The number of carboxylic acids is 1. The third-order valence-electron chi connectivity index (χ3n) is 4.86. The summed E-state index contributed by atoms with van der Waals surface area (Å²) < 4.78 is 14.0. The number of nitro groups is 1. The highest BCUT2D eigenvalue weighted by atomic mass is 19.1. The molecule has 0 unspecified atom stereocenters. The molecular weight excluding hydrogens is 395 g/mol. The van der Waals surface area contributed by atoms with E-state index < -0.39 is 10.9 Å². The number of hydrogen-bond donors (Lipinski definition) is 1. The molecule has 0 amide bonds. The summed E-state index contributed by atoms with van der Waals surface area (Å²) in [6, 6.07) is 12.0. The molecule has 0 bridgehead atoms. The van der Waals surface area contributed by atoms with Crippen LogP contribution in [-0.2, 0) is 0 Å². The van der Waals surface area contributed by atoms with Crippen LogP contribution in [0.4, 0.5) is 21.6 Å². The second-order valence-electron chi connectivity index (χ2n) is 6.67. The summed E-state index contributed by atoms with van der Waals surface area (Å²) in [5.41, 5.74) is 0.603. The van der Waals surface area contributed by atoms with Crippen LogP contribution in [0.2, 0.25) is 0 Å². The van der Waals surface area contributed by atoms with E-state index in [0.717, 1.165) is 4.80 Å². The van der Waals surface area contributed by atoms with Gasteiger partial charge in [-0.2, -0.15) is 0 Å². The minimum Gasteiger partial charge on any atom is -0.476 e. The molecule has 0 radical (unpaired) electrons. The molecule has 0 saturated carbocycles. The van der Waals surface area contributed by atoms with Crippen LogP contribution < -0.4 is 9.80 Å². The van der Waals surface area contributed by atoms with Crippen molar-refractivity contribution in [2.24, 2.45) is 0 Å². The number of carboxylic acid groups (broad SMARTS) is 1. The maximum atomic E-state index is 14.0. The first-order chi connectivity index (χ1) is 14.4. The lowest BCUT2D eigenvalue weighted by Crippen LogP contribution is -2.47. The number of halogens is 1. The van der Waals surface area contributed by atoms with E-state index >= 15 is 0 Å². The first kappa shape index (κ1) is 19.3. The zero-order valence-electron chi connectivity index (χ0n) is 15.7. The number of carbonyl (C=O) groups is 1. The van der Waals surface area contributed by atoms with E-state index in [1.165, 1.54) is 30.3 Å². The molecule has 0 aliphatic carbocycles. The van der Waals surface area contributed by atoms with E-state index in [0.29, 0.717) is 37.6 Å². The first-order valence-electron chi connectivity index (χ1n) is 9.14. The van der Waals surface area contributed by atoms with Gasteiger partial charge in [0, 0.05) is 38.3 Å². The molecule has 1 aliphatic heterocycles. The summed E-state index contributed by atoms with van der Waals surface area (Å²) in [6.07, 6.45) is 0. The molecule has 1 fully saturated rings. The smallest absolute Gasteiger partial charge is 0.360 e. The van der Waals surface area contributed by atoms with Gasteiger partial charge in [-0.15, -0.1) is 15.0 Å². The Morgan fingerprint density at radius 2 is 1.63 bits per heavy atom. The molecule has 1 aromatic heterocycles. The number of benzene rings is 2. The number of non-ortho nitro benzene ring substituents is 1. The SMILES string of the molecule is O=C(O)c1nn(-c2ccc([N+](=O)[O-])cc2)nc1N1CCN(c2ccccc2F)CC1. The second kappa shape index (κ2) is 7.78. The van der Waals surface area contributed by atoms with E-state index in [1.54, 1.807) is 23.1 Å². The maximum Gasteiger partial charge on any atom is 0.360 e. The number of aromatic carboxylic acids is 1. The summed E-state index contributed by atoms with van der Waals surface area (Å²) in [5, 5.41) is 28.7. The fourth-order valence-corrected chi connectivity index (χ4v) is 3.34. The molecule has 2 aromatic carbocycles. The molecule has 4 rings (SSSR count). The van der Waals surface area contributed by atoms with Crippen molar-refractivity contribution in [1.29, 1.82) is 0 Å². The van der Waals surface area contributed by atoms with Crippen molar-refractivity contribution < 1.29 is 19.2 Å². The Morgan fingerprint density at radius 3 is 2.23 bits per heavy atom. The average molecular weight is 412 g/mol. The Kier molecular flexibility index (Phi) is 5.00. The Morgan fingerprint density at radius 1 is 1.00 bits per heavy atom. The number of aromatic nitrogens is 3. The summed E-state index contributed by atoms with van der Waals surface area (Å²) >= 11 is 0. The Bertz CT molecular complexity index is 1090. The highest BCUT2D eigenvalue weighted by Gasteiger charge is 2.27. The van der Waals surface area contributed by atoms with E-state index in [4.69, 9.17) is 0 Å². The van der Waals surface area contributed by atoms with Crippen LogP contribution in [-0.4, -0.2) is 57.2 Å². The molecule has 10 nitrogen and oxygen atoms in total. The normalized spacial score (nSPS) is 14.0. The molecule has 11 heteroatoms. The van der Waals surface area contributed by atoms with Crippen LogP contribution in [0.1, 0.15) is 10.5 Å². The molecule has 0 atom stereocenters. The number of anilines is 2. The highest BCUT2D eigenvalue weighted by molar-refractivity contribution is 5.91. The third kappa shape index (κ3) is 3.64. The van der Waals surface area contributed by atoms with Gasteiger partial charge in [-0.1, -0.05) is 12.1 Å². The third-order valence-corrected chi connectivity index (χ3v) is 4.86. The average Bonchev–Trinajstić information content (AvgIpc) is 3.20. The number of para-hydroxylation sites is 1. The fourth-order valence-electron chi connectivity index (χ4n) is 3.34. The number of hydrogen-bond acceptors (Lipinski definition) is 7. The quantitative estimate of drug-likeness (QED) is 0.501. The predicted molar refractivity (Wildman–Crippen MR) is 106 cm³/mol. The number of nitro benzene ring substituents is 1. The largest absolute Gasteiger partial charge is 0.476 e. The van der Waals surface area contributed by atoms with Gasteiger partial charge in [0.15, 0.2) is 5.82 Å². The second-order valence-corrected chi connectivity index (χ2v) is 6.67. The van der Waals surface area contributed by atoms with Crippen LogP contribution in [0.15, 0.2) is 48.5 Å². The predicted octanol–water partition coefficient (Wildman–Crippen LogP) is 2.34. The molecular formula is C19H17FN6O4. The van der Waals surface area contributed by atoms with Crippen LogP contribution in [0.25, 0.3) is 5.69 Å². The number of rotatable bonds is 5. The van der Waals surface area contributed by atoms with Gasteiger partial charge in [-0.25, -0.2) is 9.18 Å². The van der Waals surface area contributed by atoms with Gasteiger partial charge in [0.1, 0.15) is 5.82 Å². The van der Waals surface area contributed by atoms with Gasteiger partial charge < -0.3 is 14.9 Å². The van der Waals surface area contributed by atoms with Gasteiger partial charge in [0.2, 0.25) is 5.69 Å². The summed E-state index contributed by atoms with van der Waals surface area (Å²) in [5.74, 6) is -1.33. The minimum atomic E-state index is -1.23. The number of nitrogens with zero attached hydrogens (tertiary/aromatic N) is 6. The summed E-state index contributed by atoms with van der Waals surface area (Å²) in [6.45, 7) is 1.86. The van der Waals surface area contributed by atoms with Gasteiger partial charge in [-0.05, 0) is 24.3 Å². The monoisotopic (exact) mass is 412 g/mol. The topological polar surface area (TPSA) is 118 Å². The Balaban J connectivity index is 1.56. The Hall–Kier alpha value is -4.02. The van der Waals surface area contributed by atoms with Gasteiger partial charge in [-0.3, -0.25) is 10.1 Å². The minimum absolute atomic E-state index is 0.0890. The molecule has 0 spiro atoms. The fraction of sp³-hybridized carbons (Fsp3) is 0.211. The van der Waals surface area contributed by atoms with Gasteiger partial charge in [0.05, 0.1) is 16.3 Å². The van der Waals surface area contributed by atoms with Crippen molar-refractivity contribution in [2.45, 2.75) is 0 Å². The van der Waals surface area contributed by atoms with Crippen molar-refractivity contribution in [2.75, 3.05) is 36.0 Å². The molecule has 3 aromatic rings. The van der Waals surface area contributed by atoms with E-state index in [2.05, 4.69) is 10.2 Å². The van der Waals surface area contributed by atoms with Crippen LogP contribution >= 0.6 is 0 Å². The van der Waals surface area contributed by atoms with E-state index in [-0.39, 0.29) is 23.0 Å². The van der Waals surface area contributed by atoms with Crippen molar-refractivity contribution in [3.05, 3.63) is 70.2 Å².